The van der Waals surface area contributed by atoms with E-state index in [1.165, 1.54) is 11.8 Å². The Balaban J connectivity index is 1.60. The molecule has 0 aliphatic carbocycles. The van der Waals surface area contributed by atoms with Crippen LogP contribution in [-0.4, -0.2) is 40.7 Å². The first-order chi connectivity index (χ1) is 16.6. The Morgan fingerprint density at radius 1 is 0.912 bits per heavy atom. The molecule has 0 bridgehead atoms. The Morgan fingerprint density at radius 3 is 2.44 bits per heavy atom. The Morgan fingerprint density at radius 2 is 1.71 bits per heavy atom. The summed E-state index contributed by atoms with van der Waals surface area (Å²) in [5.74, 6) is 1.65. The number of carbonyl (C=O) groups is 1. The summed E-state index contributed by atoms with van der Waals surface area (Å²) in [5.41, 5.74) is 3.75. The number of methoxy groups -OCH3 is 2. The van der Waals surface area contributed by atoms with Crippen LogP contribution in [0.5, 0.6) is 11.5 Å². The first kappa shape index (κ1) is 23.4. The van der Waals surface area contributed by atoms with Crippen molar-refractivity contribution < 1.29 is 19.0 Å². The van der Waals surface area contributed by atoms with Gasteiger partial charge in [-0.15, -0.1) is 10.2 Å². The second-order valence-corrected chi connectivity index (χ2v) is 8.43. The molecule has 0 N–H and O–H groups in total. The molecule has 3 aromatic carbocycles. The van der Waals surface area contributed by atoms with E-state index in [1.807, 2.05) is 84.3 Å². The highest BCUT2D eigenvalue weighted by Crippen LogP contribution is 2.34. The van der Waals surface area contributed by atoms with E-state index in [-0.39, 0.29) is 18.3 Å². The van der Waals surface area contributed by atoms with Crippen LogP contribution in [0.3, 0.4) is 0 Å². The lowest BCUT2D eigenvalue weighted by Gasteiger charge is -2.13. The number of ether oxygens (including phenoxy) is 3. The number of esters is 1. The second kappa shape index (κ2) is 10.9. The fourth-order valence-corrected chi connectivity index (χ4v) is 4.18. The van der Waals surface area contributed by atoms with Crippen molar-refractivity contribution in [2.45, 2.75) is 18.7 Å². The first-order valence-corrected chi connectivity index (χ1v) is 11.6. The van der Waals surface area contributed by atoms with Crippen LogP contribution in [0, 0.1) is 6.92 Å². The molecule has 0 aliphatic heterocycles. The summed E-state index contributed by atoms with van der Waals surface area (Å²) < 4.78 is 18.2. The smallest absolute Gasteiger partial charge is 0.316 e. The Kier molecular flexibility index (Phi) is 7.49. The molecule has 8 heteroatoms. The molecule has 0 spiro atoms. The van der Waals surface area contributed by atoms with E-state index in [9.17, 15) is 4.79 Å². The van der Waals surface area contributed by atoms with Crippen LogP contribution in [-0.2, 0) is 16.1 Å². The molecule has 0 amide bonds. The van der Waals surface area contributed by atoms with E-state index in [0.717, 1.165) is 22.4 Å². The summed E-state index contributed by atoms with van der Waals surface area (Å²) in [7, 11) is 3.19. The molecule has 0 radical (unpaired) electrons. The van der Waals surface area contributed by atoms with E-state index >= 15 is 0 Å². The molecule has 0 fully saturated rings. The van der Waals surface area contributed by atoms with Crippen LogP contribution in [0.4, 0.5) is 0 Å². The molecule has 4 rings (SSSR count). The minimum atomic E-state index is -0.319. The van der Waals surface area contributed by atoms with E-state index < -0.39 is 0 Å². The minimum Gasteiger partial charge on any atom is -0.493 e. The zero-order valence-corrected chi connectivity index (χ0v) is 20.0. The van der Waals surface area contributed by atoms with Gasteiger partial charge in [-0.2, -0.15) is 0 Å². The summed E-state index contributed by atoms with van der Waals surface area (Å²) >= 11 is 1.28. The molecule has 1 aromatic heterocycles. The van der Waals surface area contributed by atoms with Crippen molar-refractivity contribution in [3.8, 4) is 28.6 Å². The number of benzene rings is 3. The van der Waals surface area contributed by atoms with Crippen LogP contribution >= 0.6 is 11.8 Å². The molecule has 0 saturated heterocycles. The van der Waals surface area contributed by atoms with Gasteiger partial charge in [0.2, 0.25) is 0 Å². The molecule has 0 unspecified atom stereocenters. The SMILES string of the molecule is COc1ccc(-c2nnc(SCC(=O)OCc3ccccc3)n2-c2cccc(C)c2)cc1OC. The van der Waals surface area contributed by atoms with Gasteiger partial charge >= 0.3 is 5.97 Å². The molecule has 34 heavy (non-hydrogen) atoms. The molecular weight excluding hydrogens is 450 g/mol. The van der Waals surface area contributed by atoms with Crippen LogP contribution in [0.1, 0.15) is 11.1 Å². The van der Waals surface area contributed by atoms with Crippen LogP contribution in [0.2, 0.25) is 0 Å². The van der Waals surface area contributed by atoms with Gasteiger partial charge < -0.3 is 14.2 Å². The lowest BCUT2D eigenvalue weighted by Crippen LogP contribution is -2.08. The number of carbonyl (C=O) groups excluding carboxylic acids is 1. The summed E-state index contributed by atoms with van der Waals surface area (Å²) in [6.45, 7) is 2.26. The lowest BCUT2D eigenvalue weighted by atomic mass is 10.1. The maximum atomic E-state index is 12.4. The van der Waals surface area contributed by atoms with Crippen LogP contribution in [0.15, 0.2) is 78.0 Å². The standard InChI is InChI=1S/C26H25N3O4S/c1-18-8-7-11-21(14-18)29-25(20-12-13-22(31-2)23(15-20)32-3)27-28-26(29)34-17-24(30)33-16-19-9-5-4-6-10-19/h4-15H,16-17H2,1-3H3. The van der Waals surface area contributed by atoms with Gasteiger partial charge in [0.15, 0.2) is 22.5 Å². The lowest BCUT2D eigenvalue weighted by molar-refractivity contribution is -0.141. The predicted molar refractivity (Wildman–Crippen MR) is 132 cm³/mol. The summed E-state index contributed by atoms with van der Waals surface area (Å²) in [4.78, 5) is 12.4. The third kappa shape index (κ3) is 5.40. The Bertz CT molecular complexity index is 1270. The zero-order valence-electron chi connectivity index (χ0n) is 19.2. The van der Waals surface area contributed by atoms with E-state index in [4.69, 9.17) is 14.2 Å². The van der Waals surface area contributed by atoms with E-state index in [0.29, 0.717) is 22.5 Å². The first-order valence-electron chi connectivity index (χ1n) is 10.7. The van der Waals surface area contributed by atoms with Crippen molar-refractivity contribution in [2.24, 2.45) is 0 Å². The van der Waals surface area contributed by atoms with Crippen molar-refractivity contribution in [3.63, 3.8) is 0 Å². The average molecular weight is 476 g/mol. The quantitative estimate of drug-likeness (QED) is 0.246. The molecule has 7 nitrogen and oxygen atoms in total. The molecule has 174 valence electrons. The number of hydrogen-bond donors (Lipinski definition) is 0. The molecule has 0 aliphatic rings. The molecular formula is C26H25N3O4S. The fraction of sp³-hybridized carbons (Fsp3) is 0.192. The predicted octanol–water partition coefficient (Wildman–Crippen LogP) is 5.10. The van der Waals surface area contributed by atoms with Gasteiger partial charge in [0, 0.05) is 11.3 Å². The summed E-state index contributed by atoms with van der Waals surface area (Å²) in [6.07, 6.45) is 0. The number of aryl methyl sites for hydroxylation is 1. The number of hydrogen-bond acceptors (Lipinski definition) is 7. The zero-order chi connectivity index (χ0) is 23.9. The maximum absolute atomic E-state index is 12.4. The third-order valence-corrected chi connectivity index (χ3v) is 6.00. The topological polar surface area (TPSA) is 75.5 Å². The summed E-state index contributed by atoms with van der Waals surface area (Å²) in [5, 5.41) is 9.41. The normalized spacial score (nSPS) is 10.7. The maximum Gasteiger partial charge on any atom is 0.316 e. The number of nitrogens with zero attached hydrogens (tertiary/aromatic N) is 3. The minimum absolute atomic E-state index is 0.114. The van der Waals surface area contributed by atoms with Gasteiger partial charge in [0.1, 0.15) is 6.61 Å². The summed E-state index contributed by atoms with van der Waals surface area (Å²) in [6, 6.07) is 23.2. The van der Waals surface area contributed by atoms with Gasteiger partial charge in [0.05, 0.1) is 20.0 Å². The van der Waals surface area contributed by atoms with Gasteiger partial charge in [-0.05, 0) is 48.4 Å². The van der Waals surface area contributed by atoms with Gasteiger partial charge in [-0.25, -0.2) is 0 Å². The number of rotatable bonds is 9. The van der Waals surface area contributed by atoms with Crippen LogP contribution < -0.4 is 9.47 Å². The molecule has 0 atom stereocenters. The van der Waals surface area contributed by atoms with Crippen molar-refractivity contribution in [1.29, 1.82) is 0 Å². The molecule has 0 saturated carbocycles. The average Bonchev–Trinajstić information content (AvgIpc) is 3.30. The van der Waals surface area contributed by atoms with Crippen molar-refractivity contribution in [2.75, 3.05) is 20.0 Å². The van der Waals surface area contributed by atoms with E-state index in [2.05, 4.69) is 10.2 Å². The number of aromatic nitrogens is 3. The Labute approximate surface area is 202 Å². The Hall–Kier alpha value is -3.78. The van der Waals surface area contributed by atoms with Crippen molar-refractivity contribution >= 4 is 17.7 Å². The fourth-order valence-electron chi connectivity index (χ4n) is 3.43. The van der Waals surface area contributed by atoms with Crippen molar-refractivity contribution in [1.82, 2.24) is 14.8 Å². The highest BCUT2D eigenvalue weighted by molar-refractivity contribution is 7.99. The van der Waals surface area contributed by atoms with Gasteiger partial charge in [-0.3, -0.25) is 9.36 Å². The van der Waals surface area contributed by atoms with Crippen molar-refractivity contribution in [3.05, 3.63) is 83.9 Å². The van der Waals surface area contributed by atoms with Gasteiger partial charge in [-0.1, -0.05) is 54.2 Å². The second-order valence-electron chi connectivity index (χ2n) is 7.49. The van der Waals surface area contributed by atoms with Gasteiger partial charge in [0.25, 0.3) is 0 Å². The van der Waals surface area contributed by atoms with Crippen LogP contribution in [0.25, 0.3) is 17.1 Å². The highest BCUT2D eigenvalue weighted by Gasteiger charge is 2.19. The largest absolute Gasteiger partial charge is 0.493 e. The highest BCUT2D eigenvalue weighted by atomic mass is 32.2. The molecule has 4 aromatic rings. The van der Waals surface area contributed by atoms with E-state index in [1.54, 1.807) is 14.2 Å². The third-order valence-electron chi connectivity index (χ3n) is 5.10. The molecule has 1 heterocycles. The monoisotopic (exact) mass is 475 g/mol. The number of thioether (sulfide) groups is 1.